The average Bonchev–Trinajstić information content (AvgIpc) is 3.32. The number of nitrogens with zero attached hydrogens (tertiary/aromatic N) is 3. The van der Waals surface area contributed by atoms with Gasteiger partial charge in [-0.2, -0.15) is 0 Å². The summed E-state index contributed by atoms with van der Waals surface area (Å²) in [5, 5.41) is 5.60. The SMILES string of the molecule is CN(Cc1nc2ccccc2s1)C(=O)CN1C(=O)N[C@@](C)(c2ccc3ccccc3c2)C1=O. The van der Waals surface area contributed by atoms with Gasteiger partial charge >= 0.3 is 6.03 Å². The summed E-state index contributed by atoms with van der Waals surface area (Å²) >= 11 is 1.52. The van der Waals surface area contributed by atoms with Crippen molar-refractivity contribution in [1.29, 1.82) is 0 Å². The average molecular weight is 459 g/mol. The van der Waals surface area contributed by atoms with E-state index in [4.69, 9.17) is 0 Å². The van der Waals surface area contributed by atoms with Crippen LogP contribution in [0.5, 0.6) is 0 Å². The minimum absolute atomic E-state index is 0.309. The smallest absolute Gasteiger partial charge is 0.325 e. The monoisotopic (exact) mass is 458 g/mol. The molecule has 1 aliphatic heterocycles. The summed E-state index contributed by atoms with van der Waals surface area (Å²) < 4.78 is 1.05. The van der Waals surface area contributed by atoms with E-state index in [2.05, 4.69) is 10.3 Å². The van der Waals surface area contributed by atoms with Crippen LogP contribution in [0.15, 0.2) is 66.7 Å². The van der Waals surface area contributed by atoms with Crippen LogP contribution in [-0.4, -0.2) is 46.2 Å². The lowest BCUT2D eigenvalue weighted by Crippen LogP contribution is -2.43. The minimum Gasteiger partial charge on any atom is -0.337 e. The molecule has 33 heavy (non-hydrogen) atoms. The molecule has 7 nitrogen and oxygen atoms in total. The highest BCUT2D eigenvalue weighted by molar-refractivity contribution is 7.18. The van der Waals surface area contributed by atoms with Crippen molar-refractivity contribution in [2.24, 2.45) is 0 Å². The number of rotatable bonds is 5. The molecular weight excluding hydrogens is 436 g/mol. The fraction of sp³-hybridized carbons (Fsp3) is 0.200. The quantitative estimate of drug-likeness (QED) is 0.460. The van der Waals surface area contributed by atoms with Crippen molar-refractivity contribution in [2.75, 3.05) is 13.6 Å². The van der Waals surface area contributed by atoms with Crippen LogP contribution in [0.2, 0.25) is 0 Å². The molecule has 1 N–H and O–H groups in total. The molecule has 166 valence electrons. The molecule has 8 heteroatoms. The van der Waals surface area contributed by atoms with Crippen molar-refractivity contribution in [3.8, 4) is 0 Å². The van der Waals surface area contributed by atoms with E-state index in [1.54, 1.807) is 14.0 Å². The molecule has 5 rings (SSSR count). The third-order valence-electron chi connectivity index (χ3n) is 6.03. The summed E-state index contributed by atoms with van der Waals surface area (Å²) in [6, 6.07) is 20.7. The molecule has 0 saturated carbocycles. The van der Waals surface area contributed by atoms with Crippen LogP contribution in [0, 0.1) is 0 Å². The molecule has 1 atom stereocenters. The third kappa shape index (κ3) is 3.72. The number of para-hydroxylation sites is 1. The number of imide groups is 1. The number of likely N-dealkylation sites (N-methyl/N-ethyl adjacent to an activating group) is 1. The number of aromatic nitrogens is 1. The van der Waals surface area contributed by atoms with E-state index >= 15 is 0 Å². The molecule has 1 fully saturated rings. The number of carbonyl (C=O) groups is 3. The van der Waals surface area contributed by atoms with Gasteiger partial charge < -0.3 is 10.2 Å². The zero-order chi connectivity index (χ0) is 23.2. The predicted molar refractivity (Wildman–Crippen MR) is 128 cm³/mol. The van der Waals surface area contributed by atoms with Gasteiger partial charge in [0.25, 0.3) is 5.91 Å². The Morgan fingerprint density at radius 2 is 1.79 bits per heavy atom. The summed E-state index contributed by atoms with van der Waals surface area (Å²) in [6.07, 6.45) is 0. The summed E-state index contributed by atoms with van der Waals surface area (Å²) in [5.41, 5.74) is 0.337. The lowest BCUT2D eigenvalue weighted by atomic mass is 9.90. The molecule has 4 aromatic rings. The van der Waals surface area contributed by atoms with Gasteiger partial charge in [0.1, 0.15) is 17.1 Å². The van der Waals surface area contributed by atoms with E-state index in [1.807, 2.05) is 66.7 Å². The fourth-order valence-corrected chi connectivity index (χ4v) is 5.09. The Kier molecular flexibility index (Phi) is 5.09. The number of hydrogen-bond donors (Lipinski definition) is 1. The predicted octanol–water partition coefficient (Wildman–Crippen LogP) is 3.88. The number of nitrogens with one attached hydrogen (secondary N) is 1. The summed E-state index contributed by atoms with van der Waals surface area (Å²) in [5.74, 6) is -0.773. The van der Waals surface area contributed by atoms with Gasteiger partial charge in [0.2, 0.25) is 5.91 Å². The van der Waals surface area contributed by atoms with Crippen LogP contribution in [0.1, 0.15) is 17.5 Å². The van der Waals surface area contributed by atoms with E-state index < -0.39 is 17.5 Å². The molecule has 0 spiro atoms. The Balaban J connectivity index is 1.32. The first-order valence-corrected chi connectivity index (χ1v) is 11.4. The highest BCUT2D eigenvalue weighted by Gasteiger charge is 2.49. The Morgan fingerprint density at radius 1 is 1.06 bits per heavy atom. The van der Waals surface area contributed by atoms with Crippen molar-refractivity contribution < 1.29 is 14.4 Å². The Labute approximate surface area is 194 Å². The minimum atomic E-state index is -1.23. The second-order valence-corrected chi connectivity index (χ2v) is 9.45. The van der Waals surface area contributed by atoms with E-state index in [-0.39, 0.29) is 12.5 Å². The zero-order valence-electron chi connectivity index (χ0n) is 18.2. The summed E-state index contributed by atoms with van der Waals surface area (Å²) in [7, 11) is 1.65. The molecule has 2 heterocycles. The molecule has 1 aromatic heterocycles. The number of hydrogen-bond acceptors (Lipinski definition) is 5. The molecule has 0 bridgehead atoms. The first kappa shape index (κ1) is 21.1. The number of thiazole rings is 1. The largest absolute Gasteiger partial charge is 0.337 e. The van der Waals surface area contributed by atoms with Crippen LogP contribution in [0.25, 0.3) is 21.0 Å². The standard InChI is InChI=1S/C25H22N4O3S/c1-25(18-12-11-16-7-3-4-8-17(16)13-18)23(31)29(24(32)27-25)15-22(30)28(2)14-21-26-19-9-5-6-10-20(19)33-21/h3-13H,14-15H2,1-2H3,(H,27,32)/t25-/m0/s1. The molecule has 0 aliphatic carbocycles. The zero-order valence-corrected chi connectivity index (χ0v) is 19.1. The molecule has 3 aromatic carbocycles. The first-order chi connectivity index (χ1) is 15.8. The topological polar surface area (TPSA) is 82.6 Å². The van der Waals surface area contributed by atoms with Crippen LogP contribution in [0.4, 0.5) is 4.79 Å². The van der Waals surface area contributed by atoms with Gasteiger partial charge in [-0.15, -0.1) is 11.3 Å². The van der Waals surface area contributed by atoms with Gasteiger partial charge in [-0.25, -0.2) is 9.78 Å². The summed E-state index contributed by atoms with van der Waals surface area (Å²) in [6.45, 7) is 1.66. The van der Waals surface area contributed by atoms with Crippen LogP contribution < -0.4 is 5.32 Å². The van der Waals surface area contributed by atoms with E-state index in [1.165, 1.54) is 16.2 Å². The lowest BCUT2D eigenvalue weighted by Gasteiger charge is -2.23. The molecule has 0 unspecified atom stereocenters. The van der Waals surface area contributed by atoms with Gasteiger partial charge in [0, 0.05) is 7.05 Å². The molecule has 4 amide bonds. The molecule has 1 saturated heterocycles. The third-order valence-corrected chi connectivity index (χ3v) is 7.05. The van der Waals surface area contributed by atoms with Crippen molar-refractivity contribution in [2.45, 2.75) is 19.0 Å². The maximum Gasteiger partial charge on any atom is 0.325 e. The highest BCUT2D eigenvalue weighted by atomic mass is 32.1. The number of carbonyl (C=O) groups excluding carboxylic acids is 3. The normalized spacial score (nSPS) is 18.2. The van der Waals surface area contributed by atoms with E-state index in [9.17, 15) is 14.4 Å². The Bertz CT molecular complexity index is 1380. The van der Waals surface area contributed by atoms with Gasteiger partial charge in [0.15, 0.2) is 0 Å². The maximum absolute atomic E-state index is 13.3. The Morgan fingerprint density at radius 3 is 2.58 bits per heavy atom. The lowest BCUT2D eigenvalue weighted by molar-refractivity contribution is -0.138. The number of amides is 4. The van der Waals surface area contributed by atoms with Crippen LogP contribution in [0.3, 0.4) is 0 Å². The van der Waals surface area contributed by atoms with Crippen molar-refractivity contribution in [3.05, 3.63) is 77.3 Å². The van der Waals surface area contributed by atoms with Crippen molar-refractivity contribution >= 4 is 50.2 Å². The summed E-state index contributed by atoms with van der Waals surface area (Å²) in [4.78, 5) is 45.8. The van der Waals surface area contributed by atoms with Gasteiger partial charge in [-0.1, -0.05) is 48.5 Å². The number of benzene rings is 3. The van der Waals surface area contributed by atoms with Gasteiger partial charge in [0.05, 0.1) is 16.8 Å². The van der Waals surface area contributed by atoms with E-state index in [0.717, 1.165) is 30.9 Å². The highest BCUT2D eigenvalue weighted by Crippen LogP contribution is 2.31. The second kappa shape index (κ2) is 7.97. The number of fused-ring (bicyclic) bond motifs is 2. The molecule has 0 radical (unpaired) electrons. The van der Waals surface area contributed by atoms with Gasteiger partial charge in [-0.3, -0.25) is 14.5 Å². The Hall–Kier alpha value is -3.78. The second-order valence-electron chi connectivity index (χ2n) is 8.33. The number of urea groups is 1. The molecule has 1 aliphatic rings. The first-order valence-electron chi connectivity index (χ1n) is 10.6. The fourth-order valence-electron chi connectivity index (χ4n) is 4.07. The molecular formula is C25H22N4O3S. The van der Waals surface area contributed by atoms with Crippen LogP contribution >= 0.6 is 11.3 Å². The van der Waals surface area contributed by atoms with Gasteiger partial charge in [-0.05, 0) is 41.5 Å². The van der Waals surface area contributed by atoms with E-state index in [0.29, 0.717) is 12.1 Å². The van der Waals surface area contributed by atoms with Crippen LogP contribution in [-0.2, 0) is 21.7 Å². The van der Waals surface area contributed by atoms with Crippen molar-refractivity contribution in [1.82, 2.24) is 20.1 Å². The maximum atomic E-state index is 13.3. The van der Waals surface area contributed by atoms with Crippen molar-refractivity contribution in [3.63, 3.8) is 0 Å².